The second-order valence-corrected chi connectivity index (χ2v) is 4.96. The SMILES string of the molecule is N[C@@H]1CCc2cc(OCc3cccc(O)c3)ccc21. The van der Waals surface area contributed by atoms with Crippen molar-refractivity contribution >= 4 is 0 Å². The van der Waals surface area contributed by atoms with Crippen LogP contribution in [-0.4, -0.2) is 5.11 Å². The van der Waals surface area contributed by atoms with E-state index in [-0.39, 0.29) is 11.8 Å². The minimum atomic E-state index is 0.176. The molecule has 3 heteroatoms. The maximum absolute atomic E-state index is 9.40. The summed E-state index contributed by atoms with van der Waals surface area (Å²) < 4.78 is 5.76. The average molecular weight is 255 g/mol. The summed E-state index contributed by atoms with van der Waals surface area (Å²) in [4.78, 5) is 0. The maximum Gasteiger partial charge on any atom is 0.120 e. The number of nitrogens with two attached hydrogens (primary N) is 1. The number of hydrogen-bond donors (Lipinski definition) is 2. The number of benzene rings is 2. The van der Waals surface area contributed by atoms with Gasteiger partial charge in [-0.25, -0.2) is 0 Å². The van der Waals surface area contributed by atoms with Crippen molar-refractivity contribution in [1.29, 1.82) is 0 Å². The van der Waals surface area contributed by atoms with Gasteiger partial charge in [-0.15, -0.1) is 0 Å². The van der Waals surface area contributed by atoms with E-state index in [2.05, 4.69) is 12.1 Å². The molecule has 0 amide bonds. The predicted molar refractivity (Wildman–Crippen MR) is 74.1 cm³/mol. The summed E-state index contributed by atoms with van der Waals surface area (Å²) in [7, 11) is 0. The van der Waals surface area contributed by atoms with Gasteiger partial charge in [0.05, 0.1) is 0 Å². The normalized spacial score (nSPS) is 17.2. The summed E-state index contributed by atoms with van der Waals surface area (Å²) >= 11 is 0. The van der Waals surface area contributed by atoms with E-state index in [9.17, 15) is 5.11 Å². The number of hydrogen-bond acceptors (Lipinski definition) is 3. The lowest BCUT2D eigenvalue weighted by Gasteiger charge is -2.09. The fraction of sp³-hybridized carbons (Fsp3) is 0.250. The van der Waals surface area contributed by atoms with Crippen molar-refractivity contribution in [3.63, 3.8) is 0 Å². The van der Waals surface area contributed by atoms with Crippen molar-refractivity contribution in [2.75, 3.05) is 0 Å². The zero-order valence-corrected chi connectivity index (χ0v) is 10.7. The molecule has 0 unspecified atom stereocenters. The Bertz CT molecular complexity index is 595. The van der Waals surface area contributed by atoms with Gasteiger partial charge in [-0.2, -0.15) is 0 Å². The molecule has 3 rings (SSSR count). The second-order valence-electron chi connectivity index (χ2n) is 4.96. The maximum atomic E-state index is 9.40. The van der Waals surface area contributed by atoms with Gasteiger partial charge in [0.25, 0.3) is 0 Å². The molecular formula is C16H17NO2. The van der Waals surface area contributed by atoms with Crippen LogP contribution >= 0.6 is 0 Å². The summed E-state index contributed by atoms with van der Waals surface area (Å²) in [5.41, 5.74) is 9.50. The molecule has 0 aliphatic heterocycles. The van der Waals surface area contributed by atoms with E-state index in [1.54, 1.807) is 12.1 Å². The lowest BCUT2D eigenvalue weighted by molar-refractivity contribution is 0.305. The molecule has 0 bridgehead atoms. The van der Waals surface area contributed by atoms with E-state index in [1.807, 2.05) is 18.2 Å². The van der Waals surface area contributed by atoms with E-state index < -0.39 is 0 Å². The number of ether oxygens (including phenoxy) is 1. The lowest BCUT2D eigenvalue weighted by Crippen LogP contribution is -2.05. The third-order valence-electron chi connectivity index (χ3n) is 3.55. The molecule has 0 spiro atoms. The first-order chi connectivity index (χ1) is 9.22. The molecular weight excluding hydrogens is 238 g/mol. The predicted octanol–water partition coefficient (Wildman–Crippen LogP) is 2.92. The molecule has 3 nitrogen and oxygen atoms in total. The highest BCUT2D eigenvalue weighted by Crippen LogP contribution is 2.32. The first kappa shape index (κ1) is 12.1. The molecule has 0 radical (unpaired) electrons. The molecule has 1 aliphatic carbocycles. The molecule has 0 aromatic heterocycles. The molecule has 2 aromatic rings. The quantitative estimate of drug-likeness (QED) is 0.886. The Labute approximate surface area is 112 Å². The highest BCUT2D eigenvalue weighted by atomic mass is 16.5. The van der Waals surface area contributed by atoms with Crippen molar-refractivity contribution in [2.45, 2.75) is 25.5 Å². The van der Waals surface area contributed by atoms with Gasteiger partial charge in [0, 0.05) is 6.04 Å². The fourth-order valence-corrected chi connectivity index (χ4v) is 2.53. The number of phenolic OH excluding ortho intramolecular Hbond substituents is 1. The molecule has 0 fully saturated rings. The second kappa shape index (κ2) is 4.94. The van der Waals surface area contributed by atoms with Crippen LogP contribution in [-0.2, 0) is 13.0 Å². The molecule has 1 atom stereocenters. The molecule has 0 saturated heterocycles. The van der Waals surface area contributed by atoms with Crippen LogP contribution in [0.5, 0.6) is 11.5 Å². The molecule has 98 valence electrons. The van der Waals surface area contributed by atoms with E-state index in [0.29, 0.717) is 6.61 Å². The van der Waals surface area contributed by atoms with Crippen LogP contribution in [0.15, 0.2) is 42.5 Å². The summed E-state index contributed by atoms with van der Waals surface area (Å²) in [6.45, 7) is 0.458. The van der Waals surface area contributed by atoms with Gasteiger partial charge >= 0.3 is 0 Å². The standard InChI is InChI=1S/C16H17NO2/c17-16-7-4-12-9-14(5-6-15(12)16)19-10-11-2-1-3-13(18)8-11/h1-3,5-6,8-9,16,18H,4,7,10,17H2/t16-/m1/s1. The highest BCUT2D eigenvalue weighted by molar-refractivity contribution is 5.40. The van der Waals surface area contributed by atoms with Gasteiger partial charge in [-0.3, -0.25) is 0 Å². The molecule has 0 heterocycles. The lowest BCUT2D eigenvalue weighted by atomic mass is 10.1. The van der Waals surface area contributed by atoms with E-state index in [0.717, 1.165) is 24.2 Å². The third kappa shape index (κ3) is 2.56. The van der Waals surface area contributed by atoms with Gasteiger partial charge in [0.15, 0.2) is 0 Å². The molecule has 0 saturated carbocycles. The Morgan fingerprint density at radius 1 is 1.21 bits per heavy atom. The Morgan fingerprint density at radius 3 is 2.95 bits per heavy atom. The number of aryl methyl sites for hydroxylation is 1. The zero-order chi connectivity index (χ0) is 13.2. The topological polar surface area (TPSA) is 55.5 Å². The monoisotopic (exact) mass is 255 g/mol. The molecule has 19 heavy (non-hydrogen) atoms. The van der Waals surface area contributed by atoms with Gasteiger partial charge in [0.1, 0.15) is 18.1 Å². The minimum Gasteiger partial charge on any atom is -0.508 e. The van der Waals surface area contributed by atoms with Crippen LogP contribution < -0.4 is 10.5 Å². The molecule has 1 aliphatic rings. The van der Waals surface area contributed by atoms with Crippen LogP contribution in [0.25, 0.3) is 0 Å². The van der Waals surface area contributed by atoms with Gasteiger partial charge < -0.3 is 15.6 Å². The van der Waals surface area contributed by atoms with Crippen molar-refractivity contribution < 1.29 is 9.84 Å². The smallest absolute Gasteiger partial charge is 0.120 e. The average Bonchev–Trinajstić information content (AvgIpc) is 2.78. The first-order valence-electron chi connectivity index (χ1n) is 6.51. The number of phenols is 1. The van der Waals surface area contributed by atoms with Crippen LogP contribution in [0.4, 0.5) is 0 Å². The van der Waals surface area contributed by atoms with Crippen LogP contribution in [0.1, 0.15) is 29.2 Å². The van der Waals surface area contributed by atoms with Gasteiger partial charge in [-0.1, -0.05) is 18.2 Å². The highest BCUT2D eigenvalue weighted by Gasteiger charge is 2.18. The van der Waals surface area contributed by atoms with E-state index >= 15 is 0 Å². The van der Waals surface area contributed by atoms with Crippen LogP contribution in [0, 0.1) is 0 Å². The first-order valence-corrected chi connectivity index (χ1v) is 6.51. The van der Waals surface area contributed by atoms with Crippen molar-refractivity contribution in [1.82, 2.24) is 0 Å². The minimum absolute atomic E-state index is 0.176. The van der Waals surface area contributed by atoms with E-state index in [1.165, 1.54) is 11.1 Å². The zero-order valence-electron chi connectivity index (χ0n) is 10.7. The summed E-state index contributed by atoms with van der Waals surface area (Å²) in [6.07, 6.45) is 2.05. The number of aromatic hydroxyl groups is 1. The Kier molecular flexibility index (Phi) is 3.13. The molecule has 2 aromatic carbocycles. The van der Waals surface area contributed by atoms with Crippen LogP contribution in [0.2, 0.25) is 0 Å². The summed E-state index contributed by atoms with van der Waals surface area (Å²) in [6, 6.07) is 13.4. The largest absolute Gasteiger partial charge is 0.508 e. The Balaban J connectivity index is 1.71. The van der Waals surface area contributed by atoms with Gasteiger partial charge in [0.2, 0.25) is 0 Å². The van der Waals surface area contributed by atoms with Crippen molar-refractivity contribution in [3.8, 4) is 11.5 Å². The van der Waals surface area contributed by atoms with Crippen molar-refractivity contribution in [2.24, 2.45) is 5.73 Å². The summed E-state index contributed by atoms with van der Waals surface area (Å²) in [5, 5.41) is 9.40. The van der Waals surface area contributed by atoms with Crippen LogP contribution in [0.3, 0.4) is 0 Å². The number of rotatable bonds is 3. The van der Waals surface area contributed by atoms with Crippen molar-refractivity contribution in [3.05, 3.63) is 59.2 Å². The Morgan fingerprint density at radius 2 is 2.11 bits per heavy atom. The van der Waals surface area contributed by atoms with Gasteiger partial charge in [-0.05, 0) is 53.8 Å². The molecule has 3 N–H and O–H groups in total. The summed E-state index contributed by atoms with van der Waals surface area (Å²) in [5.74, 6) is 1.12. The third-order valence-corrected chi connectivity index (χ3v) is 3.55. The number of fused-ring (bicyclic) bond motifs is 1. The van der Waals surface area contributed by atoms with E-state index in [4.69, 9.17) is 10.5 Å². The fourth-order valence-electron chi connectivity index (χ4n) is 2.53. The Hall–Kier alpha value is -2.00.